The second-order valence-electron chi connectivity index (χ2n) is 18.6. The summed E-state index contributed by atoms with van der Waals surface area (Å²) in [4.78, 5) is 18.0. The topological polar surface area (TPSA) is 110 Å². The van der Waals surface area contributed by atoms with Crippen LogP contribution in [0.4, 0.5) is 22.7 Å². The lowest BCUT2D eigenvalue weighted by Crippen LogP contribution is -2.35. The normalized spacial score (nSPS) is 18.8. The molecule has 0 bridgehead atoms. The average molecular weight is 897 g/mol. The minimum Gasteiger partial charge on any atom is -0.508 e. The molecule has 2 aliphatic heterocycles. The van der Waals surface area contributed by atoms with Crippen LogP contribution in [0.5, 0.6) is 5.75 Å². The minimum atomic E-state index is -4.28. The van der Waals surface area contributed by atoms with E-state index in [-0.39, 0.29) is 33.7 Å². The summed E-state index contributed by atoms with van der Waals surface area (Å²) in [6.07, 6.45) is 16.5. The first-order valence-electron chi connectivity index (χ1n) is 23.3. The SMILES string of the molecule is CCCCCN1/C(=C/C=C2\CC/C(=C\C=C3\N(CCCCC)c4ccccc4C3(C)C)C2=[N+](CCN(C)c2cccc(O)c2)S(=O)(=O)c2ccc([N+](=O)[O-])cc2)C(C)(C)c2ccccc21. The van der Waals surface area contributed by atoms with Crippen LogP contribution in [-0.2, 0) is 20.9 Å². The molecule has 0 atom stereocenters. The molecule has 1 fully saturated rings. The Labute approximate surface area is 386 Å². The molecule has 4 aromatic carbocycles. The van der Waals surface area contributed by atoms with Crippen LogP contribution in [0.1, 0.15) is 104 Å². The Hall–Kier alpha value is -5.94. The number of sulfonamides is 1. The molecule has 7 rings (SSSR count). The number of hydrogen-bond acceptors (Lipinski definition) is 8. The number of hydrogen-bond donors (Lipinski definition) is 1. The number of likely N-dealkylation sites (N-methyl/N-ethyl adjacent to an activating group) is 1. The number of para-hydroxylation sites is 2. The van der Waals surface area contributed by atoms with Crippen molar-refractivity contribution in [2.45, 2.75) is 109 Å². The molecular formula is C54H66N5O5S+. The van der Waals surface area contributed by atoms with Crippen molar-refractivity contribution >= 4 is 38.5 Å². The number of anilines is 3. The van der Waals surface area contributed by atoms with Gasteiger partial charge in [-0.1, -0.05) is 122 Å². The molecule has 342 valence electrons. The Kier molecular flexibility index (Phi) is 14.2. The van der Waals surface area contributed by atoms with Crippen LogP contribution in [-0.4, -0.2) is 61.4 Å². The fraction of sp³-hybridized carbons (Fsp3) is 0.389. The number of fused-ring (bicyclic) bond motifs is 2. The number of non-ortho nitro benzene ring substituents is 1. The Morgan fingerprint density at radius 1 is 0.708 bits per heavy atom. The first-order chi connectivity index (χ1) is 31.1. The van der Waals surface area contributed by atoms with Crippen molar-refractivity contribution < 1.29 is 22.4 Å². The number of nitro benzene ring substituents is 1. The van der Waals surface area contributed by atoms with Gasteiger partial charge in [-0.15, -0.1) is 3.98 Å². The van der Waals surface area contributed by atoms with Crippen LogP contribution in [0.3, 0.4) is 0 Å². The van der Waals surface area contributed by atoms with Crippen LogP contribution in [0, 0.1) is 10.1 Å². The van der Waals surface area contributed by atoms with Crippen molar-refractivity contribution in [3.05, 3.63) is 165 Å². The summed E-state index contributed by atoms with van der Waals surface area (Å²) in [6, 6.07) is 29.3. The number of rotatable bonds is 17. The number of phenols is 1. The third-order valence-electron chi connectivity index (χ3n) is 13.5. The van der Waals surface area contributed by atoms with Gasteiger partial charge in [0.15, 0.2) is 6.54 Å². The van der Waals surface area contributed by atoms with Gasteiger partial charge in [0.25, 0.3) is 5.69 Å². The van der Waals surface area contributed by atoms with Crippen LogP contribution < -0.4 is 14.7 Å². The van der Waals surface area contributed by atoms with Crippen molar-refractivity contribution in [2.75, 3.05) is 47.9 Å². The summed E-state index contributed by atoms with van der Waals surface area (Å²) in [6.45, 7) is 15.6. The highest BCUT2D eigenvalue weighted by atomic mass is 32.2. The molecule has 0 spiro atoms. The maximum atomic E-state index is 15.3. The van der Waals surface area contributed by atoms with Gasteiger partial charge in [-0.2, -0.15) is 8.42 Å². The first kappa shape index (κ1) is 47.0. The fourth-order valence-electron chi connectivity index (χ4n) is 9.84. The highest BCUT2D eigenvalue weighted by Gasteiger charge is 2.42. The number of nitro groups is 1. The number of benzene rings is 4. The van der Waals surface area contributed by atoms with Gasteiger partial charge in [-0.3, -0.25) is 10.1 Å². The molecule has 1 N–H and O–H groups in total. The molecule has 11 heteroatoms. The van der Waals surface area contributed by atoms with E-state index in [1.807, 2.05) is 18.0 Å². The van der Waals surface area contributed by atoms with Gasteiger partial charge in [0.05, 0.1) is 11.5 Å². The summed E-state index contributed by atoms with van der Waals surface area (Å²) in [5, 5.41) is 22.1. The number of unbranched alkanes of at least 4 members (excludes halogenated alkanes) is 4. The van der Waals surface area contributed by atoms with Crippen LogP contribution in [0.25, 0.3) is 0 Å². The molecule has 3 aliphatic rings. The van der Waals surface area contributed by atoms with E-state index in [1.165, 1.54) is 62.1 Å². The predicted octanol–water partition coefficient (Wildman–Crippen LogP) is 12.0. The molecule has 0 unspecified atom stereocenters. The van der Waals surface area contributed by atoms with Gasteiger partial charge in [0.2, 0.25) is 5.71 Å². The molecule has 0 aromatic heterocycles. The number of aromatic hydroxyl groups is 1. The summed E-state index contributed by atoms with van der Waals surface area (Å²) in [5.74, 6) is 0.118. The first-order valence-corrected chi connectivity index (χ1v) is 24.8. The Bertz CT molecular complexity index is 2570. The zero-order valence-electron chi connectivity index (χ0n) is 39.3. The lowest BCUT2D eigenvalue weighted by Gasteiger charge is -2.27. The van der Waals surface area contributed by atoms with Crippen molar-refractivity contribution in [1.82, 2.24) is 0 Å². The van der Waals surface area contributed by atoms with Crippen molar-refractivity contribution in [1.29, 1.82) is 0 Å². The van der Waals surface area contributed by atoms with Crippen LogP contribution >= 0.6 is 0 Å². The zero-order valence-corrected chi connectivity index (χ0v) is 40.1. The minimum absolute atomic E-state index is 0.0260. The van der Waals surface area contributed by atoms with Crippen LogP contribution in [0.15, 0.2) is 149 Å². The van der Waals surface area contributed by atoms with E-state index in [1.54, 1.807) is 18.2 Å². The molecule has 1 saturated carbocycles. The van der Waals surface area contributed by atoms with Gasteiger partial charge in [0.1, 0.15) is 10.6 Å². The van der Waals surface area contributed by atoms with E-state index in [0.717, 1.165) is 68.4 Å². The van der Waals surface area contributed by atoms with Crippen LogP contribution in [0.2, 0.25) is 0 Å². The lowest BCUT2D eigenvalue weighted by molar-refractivity contribution is -0.384. The van der Waals surface area contributed by atoms with Gasteiger partial charge >= 0.3 is 10.0 Å². The predicted molar refractivity (Wildman–Crippen MR) is 266 cm³/mol. The van der Waals surface area contributed by atoms with E-state index in [9.17, 15) is 15.2 Å². The van der Waals surface area contributed by atoms with Crippen molar-refractivity contribution in [3.63, 3.8) is 0 Å². The van der Waals surface area contributed by atoms with E-state index >= 15 is 8.42 Å². The average Bonchev–Trinajstić information content (AvgIpc) is 3.86. The summed E-state index contributed by atoms with van der Waals surface area (Å²) in [7, 11) is -2.40. The third kappa shape index (κ3) is 9.57. The summed E-state index contributed by atoms with van der Waals surface area (Å²) in [5.41, 5.74) is 9.71. The molecule has 65 heavy (non-hydrogen) atoms. The molecule has 0 amide bonds. The highest BCUT2D eigenvalue weighted by molar-refractivity contribution is 7.85. The second kappa shape index (κ2) is 19.7. The third-order valence-corrected chi connectivity index (χ3v) is 15.3. The molecule has 10 nitrogen and oxygen atoms in total. The molecule has 0 radical (unpaired) electrons. The van der Waals surface area contributed by atoms with Crippen molar-refractivity contribution in [2.24, 2.45) is 0 Å². The number of phenolic OH excluding ortho intramolecular Hbond substituents is 1. The highest BCUT2D eigenvalue weighted by Crippen LogP contribution is 2.49. The zero-order chi connectivity index (χ0) is 46.5. The molecule has 4 aromatic rings. The van der Waals surface area contributed by atoms with E-state index in [0.29, 0.717) is 25.1 Å². The van der Waals surface area contributed by atoms with Crippen molar-refractivity contribution in [3.8, 4) is 5.75 Å². The summed E-state index contributed by atoms with van der Waals surface area (Å²) >= 11 is 0. The Morgan fingerprint density at radius 3 is 1.69 bits per heavy atom. The standard InChI is InChI=1S/C54H65N5O5S/c1-8-10-16-35-56-48-23-14-12-21-46(48)53(3,4)50(56)33-27-40-25-26-41(28-34-51-54(5,6)47-22-13-15-24-49(47)57(51)36-17-11-9-2)52(40)58(38-37-55(7)43-19-18-20-44(60)39-43)65(63,64)45-31-29-42(30-32-45)59(61)62/h12-15,18-24,27-34,39H,8-11,16-17,25-26,35-38H2,1-7H3/p+1. The fourth-order valence-corrected chi connectivity index (χ4v) is 11.4. The summed E-state index contributed by atoms with van der Waals surface area (Å²) < 4.78 is 32.1. The quantitative estimate of drug-likeness (QED) is 0.0483. The number of nitrogens with zero attached hydrogens (tertiary/aromatic N) is 5. The molecular weight excluding hydrogens is 831 g/mol. The largest absolute Gasteiger partial charge is 0.508 e. The Morgan fingerprint density at radius 2 is 1.22 bits per heavy atom. The maximum Gasteiger partial charge on any atom is 0.395 e. The monoisotopic (exact) mass is 896 g/mol. The molecule has 0 saturated heterocycles. The van der Waals surface area contributed by atoms with Gasteiger partial charge < -0.3 is 19.8 Å². The number of allylic oxidation sites excluding steroid dienone is 8. The molecule has 1 aliphatic carbocycles. The maximum absolute atomic E-state index is 15.3. The second-order valence-corrected chi connectivity index (χ2v) is 20.5. The smallest absolute Gasteiger partial charge is 0.395 e. The lowest BCUT2D eigenvalue weighted by atomic mass is 9.83. The van der Waals surface area contributed by atoms with Gasteiger partial charge in [0, 0.05) is 88.8 Å². The van der Waals surface area contributed by atoms with Gasteiger partial charge in [-0.05, 0) is 85.4 Å². The molecule has 2 heterocycles. The van der Waals surface area contributed by atoms with Gasteiger partial charge in [-0.25, -0.2) is 0 Å². The van der Waals surface area contributed by atoms with E-state index in [2.05, 4.69) is 124 Å². The van der Waals surface area contributed by atoms with E-state index in [4.69, 9.17) is 0 Å². The van der Waals surface area contributed by atoms with E-state index < -0.39 is 14.9 Å². The Balaban J connectivity index is 1.44.